The summed E-state index contributed by atoms with van der Waals surface area (Å²) in [6.45, 7) is 7.28. The van der Waals surface area contributed by atoms with Gasteiger partial charge in [-0.3, -0.25) is 4.90 Å². The molecule has 0 unspecified atom stereocenters. The Hall–Kier alpha value is -0.630. The lowest BCUT2D eigenvalue weighted by atomic mass is 9.84. The largest absolute Gasteiger partial charge is 0.379 e. The van der Waals surface area contributed by atoms with Crippen LogP contribution >= 0.6 is 23.5 Å². The van der Waals surface area contributed by atoms with Gasteiger partial charge in [0.2, 0.25) is 0 Å². The Bertz CT molecular complexity index is 694. The standard InChI is InChI=1S/C27H45N3O2S2/c1-22-12-14-24(15-13-22)30(23-8-4-2-5-9-23)27(31)28-25-10-6-3-7-11-26(34-25)33-21-18-29-16-19-32-20-17-29/h10-11,22-24H,2-9,12-21H2,1H3,(H,28,31)/b25-10+,26-11-. The fraction of sp³-hybridized carbons (Fsp3) is 0.815. The molecule has 2 aliphatic carbocycles. The summed E-state index contributed by atoms with van der Waals surface area (Å²) in [5.74, 6) is 1.90. The number of hydrogen-bond acceptors (Lipinski definition) is 5. The number of morpholine rings is 1. The number of amides is 2. The average molecular weight is 508 g/mol. The minimum atomic E-state index is 0.156. The molecule has 5 nitrogen and oxygen atoms in total. The molecule has 0 aromatic rings. The van der Waals surface area contributed by atoms with Gasteiger partial charge in [-0.05, 0) is 63.7 Å². The monoisotopic (exact) mass is 507 g/mol. The molecule has 192 valence electrons. The van der Waals surface area contributed by atoms with Gasteiger partial charge in [-0.25, -0.2) is 4.79 Å². The van der Waals surface area contributed by atoms with Gasteiger partial charge in [-0.15, -0.1) is 11.8 Å². The van der Waals surface area contributed by atoms with Gasteiger partial charge in [0.05, 0.1) is 18.2 Å². The Morgan fingerprint density at radius 1 is 1.03 bits per heavy atom. The van der Waals surface area contributed by atoms with E-state index in [4.69, 9.17) is 4.74 Å². The van der Waals surface area contributed by atoms with Crippen LogP contribution in [-0.4, -0.2) is 66.5 Å². The molecule has 0 radical (unpaired) electrons. The highest BCUT2D eigenvalue weighted by molar-refractivity contribution is 8.23. The number of nitrogens with one attached hydrogen (secondary N) is 1. The number of hydrogen-bond donors (Lipinski definition) is 1. The molecule has 2 saturated carbocycles. The molecule has 0 spiro atoms. The quantitative estimate of drug-likeness (QED) is 0.422. The van der Waals surface area contributed by atoms with Crippen molar-refractivity contribution in [3.8, 4) is 0 Å². The molecule has 2 aliphatic heterocycles. The Balaban J connectivity index is 1.34. The number of ether oxygens (including phenoxy) is 1. The van der Waals surface area contributed by atoms with E-state index in [1.165, 1.54) is 62.0 Å². The van der Waals surface area contributed by atoms with Crippen molar-refractivity contribution in [1.29, 1.82) is 0 Å². The van der Waals surface area contributed by atoms with Crippen LogP contribution < -0.4 is 5.32 Å². The molecule has 2 heterocycles. The molecule has 0 aromatic carbocycles. The van der Waals surface area contributed by atoms with Gasteiger partial charge in [0, 0.05) is 41.7 Å². The molecule has 0 atom stereocenters. The third-order valence-electron chi connectivity index (χ3n) is 7.83. The molecule has 4 rings (SSSR count). The van der Waals surface area contributed by atoms with E-state index in [2.05, 4.69) is 34.2 Å². The van der Waals surface area contributed by atoms with Gasteiger partial charge in [-0.2, -0.15) is 0 Å². The number of rotatable bonds is 7. The zero-order valence-corrected chi connectivity index (χ0v) is 22.8. The predicted octanol–water partition coefficient (Wildman–Crippen LogP) is 6.57. The second-order valence-electron chi connectivity index (χ2n) is 10.5. The molecular formula is C27H45N3O2S2. The van der Waals surface area contributed by atoms with Crippen molar-refractivity contribution in [2.24, 2.45) is 5.92 Å². The van der Waals surface area contributed by atoms with E-state index in [1.807, 2.05) is 11.8 Å². The second-order valence-corrected chi connectivity index (χ2v) is 12.9. The summed E-state index contributed by atoms with van der Waals surface area (Å²) in [7, 11) is 0. The smallest absolute Gasteiger partial charge is 0.322 e. The van der Waals surface area contributed by atoms with E-state index in [-0.39, 0.29) is 6.03 Å². The molecule has 1 saturated heterocycles. The Labute approximate surface area is 215 Å². The molecule has 0 bridgehead atoms. The first-order chi connectivity index (χ1) is 16.7. The van der Waals surface area contributed by atoms with Crippen LogP contribution in [0.3, 0.4) is 0 Å². The molecule has 4 aliphatic rings. The van der Waals surface area contributed by atoms with E-state index in [1.54, 1.807) is 11.8 Å². The van der Waals surface area contributed by atoms with Crippen LogP contribution in [-0.2, 0) is 4.74 Å². The Kier molecular flexibility index (Phi) is 11.0. The number of allylic oxidation sites excluding steroid dienone is 2. The van der Waals surface area contributed by atoms with Crippen molar-refractivity contribution in [2.45, 2.75) is 96.1 Å². The summed E-state index contributed by atoms with van der Waals surface area (Å²) in [4.78, 5) is 18.5. The second kappa shape index (κ2) is 14.2. The first kappa shape index (κ1) is 26.4. The molecular weight excluding hydrogens is 462 g/mol. The molecule has 7 heteroatoms. The van der Waals surface area contributed by atoms with Crippen LogP contribution in [0.2, 0.25) is 0 Å². The zero-order chi connectivity index (χ0) is 23.6. The highest BCUT2D eigenvalue weighted by atomic mass is 32.2. The Morgan fingerprint density at radius 3 is 2.50 bits per heavy atom. The van der Waals surface area contributed by atoms with E-state index < -0.39 is 0 Å². The van der Waals surface area contributed by atoms with Crippen LogP contribution in [0.15, 0.2) is 21.4 Å². The molecule has 3 fully saturated rings. The average Bonchev–Trinajstić information content (AvgIpc) is 2.84. The fourth-order valence-electron chi connectivity index (χ4n) is 5.71. The maximum absolute atomic E-state index is 13.7. The maximum Gasteiger partial charge on any atom is 0.322 e. The summed E-state index contributed by atoms with van der Waals surface area (Å²) in [5, 5.41) is 4.43. The lowest BCUT2D eigenvalue weighted by molar-refractivity contribution is 0.0410. The summed E-state index contributed by atoms with van der Waals surface area (Å²) in [5.41, 5.74) is 0. The van der Waals surface area contributed by atoms with Gasteiger partial charge in [0.1, 0.15) is 0 Å². The number of carbonyl (C=O) groups is 1. The van der Waals surface area contributed by atoms with E-state index in [0.29, 0.717) is 12.1 Å². The van der Waals surface area contributed by atoms with Crippen LogP contribution in [0, 0.1) is 5.92 Å². The third-order valence-corrected chi connectivity index (χ3v) is 10.1. The SMILES string of the molecule is CC1CCC(N(C(=O)N/C2=C\CCC/C=C(/SCCN3CCOCC3)S2)C2CCCCC2)CC1. The molecule has 1 N–H and O–H groups in total. The van der Waals surface area contributed by atoms with Crippen molar-refractivity contribution in [3.63, 3.8) is 0 Å². The highest BCUT2D eigenvalue weighted by Gasteiger charge is 2.34. The van der Waals surface area contributed by atoms with Crippen molar-refractivity contribution in [2.75, 3.05) is 38.6 Å². The van der Waals surface area contributed by atoms with Crippen molar-refractivity contribution in [1.82, 2.24) is 15.1 Å². The minimum absolute atomic E-state index is 0.156. The molecule has 2 amide bonds. The fourth-order valence-corrected chi connectivity index (χ4v) is 8.01. The summed E-state index contributed by atoms with van der Waals surface area (Å²) >= 11 is 3.72. The van der Waals surface area contributed by atoms with Crippen molar-refractivity contribution >= 4 is 29.6 Å². The topological polar surface area (TPSA) is 44.8 Å². The lowest BCUT2D eigenvalue weighted by Crippen LogP contribution is -2.52. The van der Waals surface area contributed by atoms with E-state index in [9.17, 15) is 4.79 Å². The van der Waals surface area contributed by atoms with Gasteiger partial charge >= 0.3 is 6.03 Å². The number of thioether (sulfide) groups is 2. The number of carbonyl (C=O) groups excluding carboxylic acids is 1. The summed E-state index contributed by atoms with van der Waals surface area (Å²) in [6, 6.07) is 0.990. The van der Waals surface area contributed by atoms with Crippen molar-refractivity contribution in [3.05, 3.63) is 21.4 Å². The van der Waals surface area contributed by atoms with Crippen LogP contribution in [0.1, 0.15) is 84.0 Å². The van der Waals surface area contributed by atoms with E-state index in [0.717, 1.165) is 68.8 Å². The zero-order valence-electron chi connectivity index (χ0n) is 21.1. The molecule has 34 heavy (non-hydrogen) atoms. The van der Waals surface area contributed by atoms with Crippen LogP contribution in [0.4, 0.5) is 4.79 Å². The van der Waals surface area contributed by atoms with E-state index >= 15 is 0 Å². The number of nitrogens with zero attached hydrogens (tertiary/aromatic N) is 2. The summed E-state index contributed by atoms with van der Waals surface area (Å²) < 4.78 is 6.82. The normalized spacial score (nSPS) is 30.9. The summed E-state index contributed by atoms with van der Waals surface area (Å²) in [6.07, 6.45) is 19.0. The predicted molar refractivity (Wildman–Crippen MR) is 146 cm³/mol. The lowest BCUT2D eigenvalue weighted by Gasteiger charge is -2.42. The Morgan fingerprint density at radius 2 is 1.74 bits per heavy atom. The van der Waals surface area contributed by atoms with Gasteiger partial charge in [0.25, 0.3) is 0 Å². The maximum atomic E-state index is 13.7. The molecule has 0 aromatic heterocycles. The van der Waals surface area contributed by atoms with Crippen molar-refractivity contribution < 1.29 is 9.53 Å². The van der Waals surface area contributed by atoms with Crippen LogP contribution in [0.5, 0.6) is 0 Å². The highest BCUT2D eigenvalue weighted by Crippen LogP contribution is 2.37. The van der Waals surface area contributed by atoms with Crippen LogP contribution in [0.25, 0.3) is 0 Å². The van der Waals surface area contributed by atoms with Gasteiger partial charge in [-0.1, -0.05) is 50.1 Å². The van der Waals surface area contributed by atoms with Gasteiger partial charge in [0.15, 0.2) is 0 Å². The first-order valence-corrected chi connectivity index (χ1v) is 15.6. The first-order valence-electron chi connectivity index (χ1n) is 13.8. The minimum Gasteiger partial charge on any atom is -0.379 e. The van der Waals surface area contributed by atoms with Gasteiger partial charge < -0.3 is 15.0 Å². The number of urea groups is 1. The third kappa shape index (κ3) is 8.21.